The summed E-state index contributed by atoms with van der Waals surface area (Å²) in [6.07, 6.45) is -0.899. The van der Waals surface area contributed by atoms with Gasteiger partial charge in [0.15, 0.2) is 11.2 Å². The number of aromatic nitrogens is 4. The highest BCUT2D eigenvalue weighted by atomic mass is 16.5. The second-order valence-corrected chi connectivity index (χ2v) is 7.77. The van der Waals surface area contributed by atoms with Crippen LogP contribution in [0.2, 0.25) is 0 Å². The van der Waals surface area contributed by atoms with Crippen molar-refractivity contribution in [2.24, 2.45) is 14.1 Å². The highest BCUT2D eigenvalue weighted by Crippen LogP contribution is 2.22. The monoisotopic (exact) mass is 423 g/mol. The van der Waals surface area contributed by atoms with E-state index >= 15 is 0 Å². The Balaban J connectivity index is 1.63. The second kappa shape index (κ2) is 7.92. The number of rotatable bonds is 6. The quantitative estimate of drug-likeness (QED) is 0.499. The number of fused-ring (bicyclic) bond motifs is 2. The van der Waals surface area contributed by atoms with Gasteiger partial charge in [0.25, 0.3) is 5.56 Å². The Hall–Kier alpha value is -3.59. The van der Waals surface area contributed by atoms with E-state index in [0.29, 0.717) is 11.7 Å². The first-order chi connectivity index (χ1) is 14.8. The van der Waals surface area contributed by atoms with Crippen molar-refractivity contribution in [1.82, 2.24) is 18.7 Å². The smallest absolute Gasteiger partial charge is 0.332 e. The zero-order chi connectivity index (χ0) is 22.3. The van der Waals surface area contributed by atoms with E-state index in [9.17, 15) is 14.7 Å². The van der Waals surface area contributed by atoms with Gasteiger partial charge >= 0.3 is 5.69 Å². The number of ether oxygens (including phenoxy) is 1. The van der Waals surface area contributed by atoms with Crippen LogP contribution in [0.15, 0.2) is 52.1 Å². The molecule has 0 bridgehead atoms. The molecule has 9 heteroatoms. The van der Waals surface area contributed by atoms with E-state index in [0.717, 1.165) is 15.3 Å². The van der Waals surface area contributed by atoms with Crippen molar-refractivity contribution in [1.29, 1.82) is 0 Å². The van der Waals surface area contributed by atoms with Gasteiger partial charge in [-0.15, -0.1) is 0 Å². The number of aryl methyl sites for hydroxylation is 1. The molecule has 0 saturated carbocycles. The lowest BCUT2D eigenvalue weighted by Gasteiger charge is -2.18. The number of hydrogen-bond donors (Lipinski definition) is 1. The van der Waals surface area contributed by atoms with Crippen LogP contribution < -0.4 is 20.9 Å². The molecule has 2 aromatic heterocycles. The maximum absolute atomic E-state index is 12.8. The van der Waals surface area contributed by atoms with Crippen molar-refractivity contribution in [3.8, 4) is 5.75 Å². The van der Waals surface area contributed by atoms with Crippen molar-refractivity contribution >= 4 is 27.9 Å². The molecule has 9 nitrogen and oxygen atoms in total. The number of imidazole rings is 1. The summed E-state index contributed by atoms with van der Waals surface area (Å²) >= 11 is 0. The third kappa shape index (κ3) is 3.68. The Morgan fingerprint density at radius 2 is 1.77 bits per heavy atom. The zero-order valence-electron chi connectivity index (χ0n) is 17.9. The van der Waals surface area contributed by atoms with Crippen LogP contribution in [0.5, 0.6) is 5.75 Å². The predicted octanol–water partition coefficient (Wildman–Crippen LogP) is 1.09. The van der Waals surface area contributed by atoms with Gasteiger partial charge < -0.3 is 19.3 Å². The summed E-state index contributed by atoms with van der Waals surface area (Å²) in [7, 11) is 6.58. The molecule has 0 aliphatic rings. The molecular formula is C22H25N5O4. The maximum atomic E-state index is 12.8. The molecule has 4 rings (SSSR count). The van der Waals surface area contributed by atoms with Gasteiger partial charge in [-0.25, -0.2) is 4.79 Å². The SMILES string of the molecule is CN(C)c1nc2c(c(=O)n(C)c(=O)n2C)n1C[C@@H](O)COc1ccc2ccccc2c1. The van der Waals surface area contributed by atoms with Crippen LogP contribution in [0, 0.1) is 0 Å². The van der Waals surface area contributed by atoms with Gasteiger partial charge in [0.1, 0.15) is 18.5 Å². The fraction of sp³-hybridized carbons (Fsp3) is 0.318. The average molecular weight is 423 g/mol. The minimum absolute atomic E-state index is 0.0387. The molecule has 31 heavy (non-hydrogen) atoms. The normalized spacial score (nSPS) is 12.4. The van der Waals surface area contributed by atoms with Gasteiger partial charge in [-0.2, -0.15) is 4.98 Å². The summed E-state index contributed by atoms with van der Waals surface area (Å²) in [6.45, 7) is 0.127. The molecule has 1 N–H and O–H groups in total. The van der Waals surface area contributed by atoms with Crippen LogP contribution in [0.1, 0.15) is 0 Å². The Morgan fingerprint density at radius 1 is 1.06 bits per heavy atom. The first kappa shape index (κ1) is 20.7. The number of nitrogens with zero attached hydrogens (tertiary/aromatic N) is 5. The molecule has 0 aliphatic carbocycles. The van der Waals surface area contributed by atoms with E-state index in [1.54, 1.807) is 30.6 Å². The number of aliphatic hydroxyl groups excluding tert-OH is 1. The van der Waals surface area contributed by atoms with E-state index in [-0.39, 0.29) is 24.3 Å². The molecule has 4 aromatic rings. The van der Waals surface area contributed by atoms with E-state index in [1.165, 1.54) is 11.6 Å². The maximum Gasteiger partial charge on any atom is 0.332 e. The van der Waals surface area contributed by atoms with Crippen molar-refractivity contribution < 1.29 is 9.84 Å². The summed E-state index contributed by atoms with van der Waals surface area (Å²) in [4.78, 5) is 31.3. The standard InChI is InChI=1S/C22H25N5O4/c1-24(2)21-23-19-18(20(29)26(4)22(30)25(19)3)27(21)12-16(28)13-31-17-10-9-14-7-5-6-8-15(14)11-17/h5-11,16,28H,12-13H2,1-4H3/t16-/m1/s1. The summed E-state index contributed by atoms with van der Waals surface area (Å²) in [5, 5.41) is 12.8. The molecule has 0 amide bonds. The molecule has 0 aliphatic heterocycles. The number of aliphatic hydroxyl groups is 1. The first-order valence-corrected chi connectivity index (χ1v) is 9.91. The lowest BCUT2D eigenvalue weighted by molar-refractivity contribution is 0.0937. The number of benzene rings is 2. The molecule has 0 fully saturated rings. The van der Waals surface area contributed by atoms with Crippen molar-refractivity contribution in [3.05, 3.63) is 63.3 Å². The molecule has 1 atom stereocenters. The summed E-state index contributed by atoms with van der Waals surface area (Å²) in [5.74, 6) is 1.12. The largest absolute Gasteiger partial charge is 0.491 e. The highest BCUT2D eigenvalue weighted by Gasteiger charge is 2.22. The van der Waals surface area contributed by atoms with Crippen molar-refractivity contribution in [2.75, 3.05) is 25.6 Å². The van der Waals surface area contributed by atoms with Gasteiger partial charge in [-0.1, -0.05) is 30.3 Å². The first-order valence-electron chi connectivity index (χ1n) is 9.91. The summed E-state index contributed by atoms with van der Waals surface area (Å²) < 4.78 is 9.80. The Morgan fingerprint density at radius 3 is 2.48 bits per heavy atom. The third-order valence-corrected chi connectivity index (χ3v) is 5.28. The fourth-order valence-corrected chi connectivity index (χ4v) is 3.66. The van der Waals surface area contributed by atoms with Gasteiger partial charge in [0, 0.05) is 28.2 Å². The number of hydrogen-bond acceptors (Lipinski definition) is 6. The van der Waals surface area contributed by atoms with Gasteiger partial charge in [0.05, 0.1) is 6.54 Å². The lowest BCUT2D eigenvalue weighted by atomic mass is 10.1. The summed E-state index contributed by atoms with van der Waals surface area (Å²) in [6, 6.07) is 13.7. The molecule has 0 spiro atoms. The van der Waals surface area contributed by atoms with E-state index in [1.807, 2.05) is 42.5 Å². The predicted molar refractivity (Wildman–Crippen MR) is 120 cm³/mol. The number of anilines is 1. The minimum Gasteiger partial charge on any atom is -0.491 e. The van der Waals surface area contributed by atoms with Crippen LogP contribution in [0.4, 0.5) is 5.95 Å². The van der Waals surface area contributed by atoms with Crippen molar-refractivity contribution in [3.63, 3.8) is 0 Å². The van der Waals surface area contributed by atoms with Crippen LogP contribution >= 0.6 is 0 Å². The van der Waals surface area contributed by atoms with Crippen LogP contribution in [0.25, 0.3) is 21.9 Å². The van der Waals surface area contributed by atoms with E-state index < -0.39 is 17.4 Å². The van der Waals surface area contributed by atoms with Gasteiger partial charge in [-0.05, 0) is 22.9 Å². The lowest BCUT2D eigenvalue weighted by Crippen LogP contribution is -2.38. The molecule has 2 aromatic carbocycles. The molecular weight excluding hydrogens is 398 g/mol. The molecule has 0 radical (unpaired) electrons. The van der Waals surface area contributed by atoms with Gasteiger partial charge in [0.2, 0.25) is 5.95 Å². The van der Waals surface area contributed by atoms with E-state index in [4.69, 9.17) is 4.74 Å². The minimum atomic E-state index is -0.899. The fourth-order valence-electron chi connectivity index (χ4n) is 3.66. The Kier molecular flexibility index (Phi) is 5.28. The van der Waals surface area contributed by atoms with E-state index in [2.05, 4.69) is 4.98 Å². The van der Waals surface area contributed by atoms with Crippen LogP contribution in [-0.4, -0.2) is 50.6 Å². The summed E-state index contributed by atoms with van der Waals surface area (Å²) in [5.41, 5.74) is -0.369. The molecule has 0 unspecified atom stereocenters. The molecule has 2 heterocycles. The molecule has 0 saturated heterocycles. The van der Waals surface area contributed by atoms with Crippen LogP contribution in [-0.2, 0) is 20.6 Å². The zero-order valence-corrected chi connectivity index (χ0v) is 17.9. The van der Waals surface area contributed by atoms with Crippen molar-refractivity contribution in [2.45, 2.75) is 12.6 Å². The Bertz CT molecular complexity index is 1380. The highest BCUT2D eigenvalue weighted by molar-refractivity contribution is 5.83. The average Bonchev–Trinajstić information content (AvgIpc) is 3.14. The molecule has 162 valence electrons. The van der Waals surface area contributed by atoms with Gasteiger partial charge in [-0.3, -0.25) is 13.9 Å². The topological polar surface area (TPSA) is 94.5 Å². The second-order valence-electron chi connectivity index (χ2n) is 7.77. The third-order valence-electron chi connectivity index (χ3n) is 5.28. The van der Waals surface area contributed by atoms with Crippen LogP contribution in [0.3, 0.4) is 0 Å². The Labute approximate surface area is 178 Å².